The fraction of sp³-hybridized carbons (Fsp3) is 0.286. The number of cyclic esters (lactones) is 1. The van der Waals surface area contributed by atoms with Gasteiger partial charge in [0, 0.05) is 25.8 Å². The number of rotatable bonds is 5. The number of benzene rings is 2. The summed E-state index contributed by atoms with van der Waals surface area (Å²) in [6.45, 7) is 1.21. The van der Waals surface area contributed by atoms with E-state index < -0.39 is 18.0 Å². The van der Waals surface area contributed by atoms with Crippen LogP contribution in [0.5, 0.6) is 0 Å². The molecule has 0 aliphatic carbocycles. The largest absolute Gasteiger partial charge is 0.487 e. The number of nitrogens with zero attached hydrogens (tertiary/aromatic N) is 4. The molecule has 2 aliphatic heterocycles. The molecule has 162 valence electrons. The van der Waals surface area contributed by atoms with Crippen LogP contribution in [0.25, 0.3) is 0 Å². The number of anilines is 3. The van der Waals surface area contributed by atoms with Gasteiger partial charge < -0.3 is 14.7 Å². The summed E-state index contributed by atoms with van der Waals surface area (Å²) in [5.41, 5.74) is 1.24. The van der Waals surface area contributed by atoms with Crippen molar-refractivity contribution in [2.75, 3.05) is 47.9 Å². The number of ether oxygens (including phenoxy) is 1. The van der Waals surface area contributed by atoms with Gasteiger partial charge in [0.05, 0.1) is 24.5 Å². The highest BCUT2D eigenvalue weighted by atomic mass is 32.1. The number of para-hydroxylation sites is 1. The number of hydrogen-bond acceptors (Lipinski definition) is 4. The number of thiocarbonyl (C=S) groups is 1. The molecule has 2 aliphatic rings. The zero-order valence-electron chi connectivity index (χ0n) is 16.8. The van der Waals surface area contributed by atoms with Crippen LogP contribution in [0.1, 0.15) is 0 Å². The molecule has 3 amide bonds. The number of hydrogen-bond donors (Lipinski definition) is 1. The molecule has 0 bridgehead atoms. The maximum absolute atomic E-state index is 14.9. The summed E-state index contributed by atoms with van der Waals surface area (Å²) in [6, 6.07) is 13.2. The predicted octanol–water partition coefficient (Wildman–Crippen LogP) is 3.37. The summed E-state index contributed by atoms with van der Waals surface area (Å²) in [7, 11) is 1.58. The van der Waals surface area contributed by atoms with E-state index in [9.17, 15) is 19.1 Å². The van der Waals surface area contributed by atoms with Gasteiger partial charge in [0.2, 0.25) is 0 Å². The SMILES string of the molecule is CN(C[C@@H]1CN(c2ccc(N3CCN(c4ccccc4)C3=O)c(F)c2)C(=O)O1)C(O)=S. The first-order chi connectivity index (χ1) is 14.8. The van der Waals surface area contributed by atoms with E-state index in [4.69, 9.17) is 4.74 Å². The molecule has 2 heterocycles. The van der Waals surface area contributed by atoms with Crippen molar-refractivity contribution in [2.45, 2.75) is 6.10 Å². The van der Waals surface area contributed by atoms with E-state index in [1.165, 1.54) is 26.8 Å². The maximum atomic E-state index is 14.9. The highest BCUT2D eigenvalue weighted by molar-refractivity contribution is 7.79. The molecular formula is C21H21FN4O4S. The number of halogens is 1. The second-order valence-electron chi connectivity index (χ2n) is 7.34. The normalized spacial score (nSPS) is 18.5. The van der Waals surface area contributed by atoms with E-state index >= 15 is 0 Å². The molecule has 2 aromatic rings. The molecule has 2 saturated heterocycles. The molecule has 0 radical (unpaired) electrons. The van der Waals surface area contributed by atoms with Crippen LogP contribution in [-0.4, -0.2) is 66.6 Å². The monoisotopic (exact) mass is 444 g/mol. The van der Waals surface area contributed by atoms with E-state index in [-0.39, 0.29) is 30.0 Å². The fourth-order valence-electron chi connectivity index (χ4n) is 3.70. The van der Waals surface area contributed by atoms with Crippen LogP contribution in [0.15, 0.2) is 48.5 Å². The fourth-order valence-corrected chi connectivity index (χ4v) is 3.78. The first-order valence-electron chi connectivity index (χ1n) is 9.71. The van der Waals surface area contributed by atoms with Crippen LogP contribution < -0.4 is 14.7 Å². The molecule has 10 heteroatoms. The number of likely N-dealkylation sites (N-methyl/N-ethyl adjacent to an activating group) is 1. The first kappa shape index (κ1) is 20.9. The standard InChI is InChI=1S/C21H21FN4O4S/c1-23(21(29)31)12-16-13-26(20(28)30-16)15-7-8-18(17(22)11-15)25-10-9-24(19(25)27)14-5-3-2-4-6-14/h2-8,11,16H,9-10,12-13H2,1H3,(H,29,31)/t16-/m1/s1. The molecular weight excluding hydrogens is 423 g/mol. The smallest absolute Gasteiger partial charge is 0.414 e. The maximum Gasteiger partial charge on any atom is 0.414 e. The molecule has 8 nitrogen and oxygen atoms in total. The van der Waals surface area contributed by atoms with Crippen molar-refractivity contribution in [3.63, 3.8) is 0 Å². The highest BCUT2D eigenvalue weighted by Crippen LogP contribution is 2.31. The van der Waals surface area contributed by atoms with Crippen LogP contribution in [0.3, 0.4) is 0 Å². The van der Waals surface area contributed by atoms with Crippen LogP contribution in [-0.2, 0) is 4.74 Å². The first-order valence-corrected chi connectivity index (χ1v) is 10.1. The summed E-state index contributed by atoms with van der Waals surface area (Å²) < 4.78 is 20.2. The highest BCUT2D eigenvalue weighted by Gasteiger charge is 2.35. The summed E-state index contributed by atoms with van der Waals surface area (Å²) >= 11 is 4.68. The third kappa shape index (κ3) is 4.11. The van der Waals surface area contributed by atoms with Crippen molar-refractivity contribution in [3.05, 3.63) is 54.3 Å². The van der Waals surface area contributed by atoms with Crippen molar-refractivity contribution < 1.29 is 23.8 Å². The van der Waals surface area contributed by atoms with Crippen LogP contribution in [0.4, 0.5) is 31.0 Å². The summed E-state index contributed by atoms with van der Waals surface area (Å²) in [4.78, 5) is 30.7. The Bertz CT molecular complexity index is 1020. The van der Waals surface area contributed by atoms with Crippen molar-refractivity contribution in [1.82, 2.24) is 4.90 Å². The van der Waals surface area contributed by atoms with E-state index in [1.54, 1.807) is 18.0 Å². The number of carbonyl (C=O) groups excluding carboxylic acids is 2. The van der Waals surface area contributed by atoms with Crippen molar-refractivity contribution in [3.8, 4) is 0 Å². The Kier molecular flexibility index (Phi) is 5.64. The zero-order chi connectivity index (χ0) is 22.1. The van der Waals surface area contributed by atoms with E-state index in [0.29, 0.717) is 18.8 Å². The number of urea groups is 1. The van der Waals surface area contributed by atoms with Crippen LogP contribution in [0.2, 0.25) is 0 Å². The quantitative estimate of drug-likeness (QED) is 0.713. The van der Waals surface area contributed by atoms with Gasteiger partial charge in [0.1, 0.15) is 11.9 Å². The van der Waals surface area contributed by atoms with Crippen LogP contribution in [0, 0.1) is 5.82 Å². The molecule has 0 unspecified atom stereocenters. The Labute approximate surface area is 184 Å². The van der Waals surface area contributed by atoms with Gasteiger partial charge in [-0.15, -0.1) is 0 Å². The minimum atomic E-state index is -0.609. The molecule has 2 fully saturated rings. The molecule has 31 heavy (non-hydrogen) atoms. The van der Waals surface area contributed by atoms with Gasteiger partial charge in [0.25, 0.3) is 5.17 Å². The summed E-state index contributed by atoms with van der Waals surface area (Å²) in [6.07, 6.45) is -1.13. The second-order valence-corrected chi connectivity index (χ2v) is 7.70. The zero-order valence-corrected chi connectivity index (χ0v) is 17.6. The second kappa shape index (κ2) is 8.38. The molecule has 0 saturated carbocycles. The third-order valence-corrected chi connectivity index (χ3v) is 5.60. The van der Waals surface area contributed by atoms with Gasteiger partial charge in [-0.05, 0) is 42.5 Å². The number of aliphatic hydroxyl groups is 1. The van der Waals surface area contributed by atoms with Gasteiger partial charge in [-0.1, -0.05) is 18.2 Å². The Hall–Kier alpha value is -3.40. The average Bonchev–Trinajstić information content (AvgIpc) is 3.30. The van der Waals surface area contributed by atoms with E-state index in [0.717, 1.165) is 5.69 Å². The lowest BCUT2D eigenvalue weighted by Crippen LogP contribution is -2.35. The number of amides is 3. The van der Waals surface area contributed by atoms with E-state index in [2.05, 4.69) is 12.2 Å². The van der Waals surface area contributed by atoms with Gasteiger partial charge in [-0.3, -0.25) is 14.7 Å². The lowest BCUT2D eigenvalue weighted by molar-refractivity contribution is 0.127. The van der Waals surface area contributed by atoms with Gasteiger partial charge in [0.15, 0.2) is 0 Å². The van der Waals surface area contributed by atoms with Crippen molar-refractivity contribution in [1.29, 1.82) is 0 Å². The Morgan fingerprint density at radius 2 is 1.84 bits per heavy atom. The van der Waals surface area contributed by atoms with Gasteiger partial charge in [-0.25, -0.2) is 14.0 Å². The number of aliphatic hydroxyl groups excluding tert-OH is 1. The molecule has 1 N–H and O–H groups in total. The summed E-state index contributed by atoms with van der Waals surface area (Å²) in [5.74, 6) is -0.606. The Morgan fingerprint density at radius 1 is 1.13 bits per heavy atom. The molecule has 0 aromatic heterocycles. The average molecular weight is 444 g/mol. The molecule has 0 spiro atoms. The lowest BCUT2D eigenvalue weighted by atomic mass is 10.2. The third-order valence-electron chi connectivity index (χ3n) is 5.29. The molecule has 2 aromatic carbocycles. The van der Waals surface area contributed by atoms with Gasteiger partial charge >= 0.3 is 12.1 Å². The van der Waals surface area contributed by atoms with Crippen LogP contribution >= 0.6 is 12.2 Å². The molecule has 1 atom stereocenters. The topological polar surface area (TPSA) is 76.6 Å². The van der Waals surface area contributed by atoms with E-state index in [1.807, 2.05) is 30.3 Å². The Balaban J connectivity index is 1.48. The molecule has 4 rings (SSSR count). The van der Waals surface area contributed by atoms with Gasteiger partial charge in [-0.2, -0.15) is 0 Å². The van der Waals surface area contributed by atoms with Crippen molar-refractivity contribution in [2.24, 2.45) is 0 Å². The minimum Gasteiger partial charge on any atom is -0.487 e. The lowest BCUT2D eigenvalue weighted by Gasteiger charge is -2.21. The summed E-state index contributed by atoms with van der Waals surface area (Å²) in [5, 5.41) is 9.03. The van der Waals surface area contributed by atoms with Crippen molar-refractivity contribution >= 4 is 46.6 Å². The number of carbonyl (C=O) groups is 2. The minimum absolute atomic E-state index is 0.154. The Morgan fingerprint density at radius 3 is 2.52 bits per heavy atom. The predicted molar refractivity (Wildman–Crippen MR) is 118 cm³/mol.